The van der Waals surface area contributed by atoms with Crippen LogP contribution in [0.3, 0.4) is 0 Å². The summed E-state index contributed by atoms with van der Waals surface area (Å²) >= 11 is 0. The van der Waals surface area contributed by atoms with E-state index in [1.54, 1.807) is 24.3 Å². The SMILES string of the molecule is O=C(O)NCc1ccc(CNC(=O)O)cc1. The summed E-state index contributed by atoms with van der Waals surface area (Å²) in [5.74, 6) is 0. The minimum absolute atomic E-state index is 0.238. The van der Waals surface area contributed by atoms with E-state index in [0.29, 0.717) is 0 Å². The minimum Gasteiger partial charge on any atom is -0.465 e. The maximum Gasteiger partial charge on any atom is 0.404 e. The highest BCUT2D eigenvalue weighted by Gasteiger charge is 1.98. The van der Waals surface area contributed by atoms with Crippen molar-refractivity contribution in [1.82, 2.24) is 10.6 Å². The van der Waals surface area contributed by atoms with Crippen LogP contribution < -0.4 is 10.6 Å². The van der Waals surface area contributed by atoms with Crippen molar-refractivity contribution in [2.75, 3.05) is 0 Å². The quantitative estimate of drug-likeness (QED) is 0.618. The minimum atomic E-state index is -1.07. The largest absolute Gasteiger partial charge is 0.465 e. The van der Waals surface area contributed by atoms with Crippen molar-refractivity contribution in [3.8, 4) is 0 Å². The van der Waals surface area contributed by atoms with Crippen LogP contribution in [0, 0.1) is 0 Å². The molecule has 86 valence electrons. The zero-order chi connectivity index (χ0) is 12.0. The number of carbonyl (C=O) groups is 2. The molecule has 0 saturated heterocycles. The lowest BCUT2D eigenvalue weighted by atomic mass is 10.1. The first-order valence-electron chi connectivity index (χ1n) is 4.59. The molecule has 1 aromatic carbocycles. The maximum absolute atomic E-state index is 10.2. The molecule has 0 fully saturated rings. The fourth-order valence-electron chi connectivity index (χ4n) is 1.13. The van der Waals surface area contributed by atoms with Crippen LogP contribution in [0.4, 0.5) is 9.59 Å². The molecule has 0 aliphatic carbocycles. The van der Waals surface area contributed by atoms with Gasteiger partial charge in [-0.05, 0) is 11.1 Å². The molecule has 0 unspecified atom stereocenters. The second kappa shape index (κ2) is 5.59. The molecule has 0 radical (unpaired) electrons. The lowest BCUT2D eigenvalue weighted by molar-refractivity contribution is 0.192. The number of hydrogen-bond donors (Lipinski definition) is 4. The molecule has 6 heteroatoms. The van der Waals surface area contributed by atoms with Gasteiger partial charge in [-0.1, -0.05) is 24.3 Å². The van der Waals surface area contributed by atoms with Crippen LogP contribution in [-0.4, -0.2) is 22.4 Å². The summed E-state index contributed by atoms with van der Waals surface area (Å²) in [7, 11) is 0. The first-order valence-corrected chi connectivity index (χ1v) is 4.59. The Morgan fingerprint density at radius 2 is 1.19 bits per heavy atom. The Labute approximate surface area is 91.9 Å². The molecule has 6 nitrogen and oxygen atoms in total. The predicted octanol–water partition coefficient (Wildman–Crippen LogP) is 1.22. The molecule has 0 aromatic heterocycles. The average Bonchev–Trinajstić information content (AvgIpc) is 2.25. The van der Waals surface area contributed by atoms with Crippen molar-refractivity contribution >= 4 is 12.2 Å². The van der Waals surface area contributed by atoms with Gasteiger partial charge >= 0.3 is 12.2 Å². The van der Waals surface area contributed by atoms with Gasteiger partial charge in [0, 0.05) is 13.1 Å². The summed E-state index contributed by atoms with van der Waals surface area (Å²) in [5.41, 5.74) is 1.64. The average molecular weight is 224 g/mol. The van der Waals surface area contributed by atoms with Gasteiger partial charge in [0.15, 0.2) is 0 Å². The van der Waals surface area contributed by atoms with Crippen molar-refractivity contribution in [3.63, 3.8) is 0 Å². The van der Waals surface area contributed by atoms with Crippen molar-refractivity contribution in [2.24, 2.45) is 0 Å². The highest BCUT2D eigenvalue weighted by atomic mass is 16.4. The Hall–Kier alpha value is -2.24. The molecule has 1 aromatic rings. The van der Waals surface area contributed by atoms with Crippen molar-refractivity contribution in [1.29, 1.82) is 0 Å². The Bertz CT molecular complexity index is 338. The van der Waals surface area contributed by atoms with E-state index >= 15 is 0 Å². The van der Waals surface area contributed by atoms with Gasteiger partial charge in [0.2, 0.25) is 0 Å². The second-order valence-corrected chi connectivity index (χ2v) is 3.13. The smallest absolute Gasteiger partial charge is 0.404 e. The third-order valence-electron chi connectivity index (χ3n) is 1.91. The van der Waals surface area contributed by atoms with Crippen molar-refractivity contribution in [3.05, 3.63) is 35.4 Å². The molecular weight excluding hydrogens is 212 g/mol. The first kappa shape index (κ1) is 11.8. The van der Waals surface area contributed by atoms with E-state index < -0.39 is 12.2 Å². The van der Waals surface area contributed by atoms with E-state index in [4.69, 9.17) is 10.2 Å². The van der Waals surface area contributed by atoms with E-state index in [9.17, 15) is 9.59 Å². The van der Waals surface area contributed by atoms with Crippen LogP contribution in [0.15, 0.2) is 24.3 Å². The van der Waals surface area contributed by atoms with Crippen LogP contribution in [0.5, 0.6) is 0 Å². The summed E-state index contributed by atoms with van der Waals surface area (Å²) in [5, 5.41) is 21.3. The fraction of sp³-hybridized carbons (Fsp3) is 0.200. The van der Waals surface area contributed by atoms with E-state index in [2.05, 4.69) is 10.6 Å². The summed E-state index contributed by atoms with van der Waals surface area (Å²) < 4.78 is 0. The third kappa shape index (κ3) is 4.32. The number of amides is 2. The molecule has 2 amide bonds. The molecule has 0 aliphatic heterocycles. The fourth-order valence-corrected chi connectivity index (χ4v) is 1.13. The lowest BCUT2D eigenvalue weighted by Gasteiger charge is -2.04. The molecule has 1 rings (SSSR count). The Balaban J connectivity index is 2.47. The van der Waals surface area contributed by atoms with Crippen LogP contribution in [0.1, 0.15) is 11.1 Å². The maximum atomic E-state index is 10.2. The molecule has 16 heavy (non-hydrogen) atoms. The van der Waals surface area contributed by atoms with Gasteiger partial charge in [-0.3, -0.25) is 0 Å². The zero-order valence-corrected chi connectivity index (χ0v) is 8.43. The first-order chi connectivity index (χ1) is 7.58. The Morgan fingerprint density at radius 1 is 0.875 bits per heavy atom. The van der Waals surface area contributed by atoms with Gasteiger partial charge in [0.05, 0.1) is 0 Å². The van der Waals surface area contributed by atoms with Gasteiger partial charge in [-0.25, -0.2) is 9.59 Å². The monoisotopic (exact) mass is 224 g/mol. The van der Waals surface area contributed by atoms with E-state index in [1.165, 1.54) is 0 Å². The molecular formula is C10H12N2O4. The number of carboxylic acid groups (broad SMARTS) is 2. The Morgan fingerprint density at radius 3 is 1.44 bits per heavy atom. The molecule has 0 heterocycles. The van der Waals surface area contributed by atoms with Crippen LogP contribution >= 0.6 is 0 Å². The van der Waals surface area contributed by atoms with Gasteiger partial charge in [-0.2, -0.15) is 0 Å². The predicted molar refractivity (Wildman–Crippen MR) is 56.2 cm³/mol. The van der Waals surface area contributed by atoms with Crippen LogP contribution in [0.2, 0.25) is 0 Å². The summed E-state index contributed by atoms with van der Waals surface area (Å²) in [6.07, 6.45) is -2.15. The normalized spacial score (nSPS) is 9.50. The van der Waals surface area contributed by atoms with Gasteiger partial charge in [0.25, 0.3) is 0 Å². The molecule has 0 spiro atoms. The summed E-state index contributed by atoms with van der Waals surface area (Å²) in [6, 6.07) is 6.98. The zero-order valence-electron chi connectivity index (χ0n) is 8.43. The van der Waals surface area contributed by atoms with Gasteiger partial charge < -0.3 is 20.8 Å². The third-order valence-corrected chi connectivity index (χ3v) is 1.91. The molecule has 4 N–H and O–H groups in total. The van der Waals surface area contributed by atoms with Gasteiger partial charge in [-0.15, -0.1) is 0 Å². The van der Waals surface area contributed by atoms with Crippen LogP contribution in [-0.2, 0) is 13.1 Å². The van der Waals surface area contributed by atoms with E-state index in [1.807, 2.05) is 0 Å². The summed E-state index contributed by atoms with van der Waals surface area (Å²) in [6.45, 7) is 0.476. The number of hydrogen-bond acceptors (Lipinski definition) is 2. The molecule has 0 aliphatic rings. The van der Waals surface area contributed by atoms with Gasteiger partial charge in [0.1, 0.15) is 0 Å². The van der Waals surface area contributed by atoms with E-state index in [-0.39, 0.29) is 13.1 Å². The van der Waals surface area contributed by atoms with Crippen molar-refractivity contribution < 1.29 is 19.8 Å². The highest BCUT2D eigenvalue weighted by Crippen LogP contribution is 2.03. The van der Waals surface area contributed by atoms with Crippen LogP contribution in [0.25, 0.3) is 0 Å². The number of rotatable bonds is 4. The summed E-state index contributed by atoms with van der Waals surface area (Å²) in [4.78, 5) is 20.5. The van der Waals surface area contributed by atoms with E-state index in [0.717, 1.165) is 11.1 Å². The van der Waals surface area contributed by atoms with Crippen molar-refractivity contribution in [2.45, 2.75) is 13.1 Å². The second-order valence-electron chi connectivity index (χ2n) is 3.13. The lowest BCUT2D eigenvalue weighted by Crippen LogP contribution is -2.20. The number of nitrogens with one attached hydrogen (secondary N) is 2. The Kier molecular flexibility index (Phi) is 4.14. The molecule has 0 saturated carbocycles. The highest BCUT2D eigenvalue weighted by molar-refractivity contribution is 5.64. The number of benzene rings is 1. The standard InChI is InChI=1S/C10H12N2O4/c13-9(14)11-5-7-1-2-8(4-3-7)6-12-10(15)16/h1-4,11-12H,5-6H2,(H,13,14)(H,15,16). The molecule has 0 bridgehead atoms. The molecule has 0 atom stereocenters. The topological polar surface area (TPSA) is 98.7 Å².